The Morgan fingerprint density at radius 3 is 2.59 bits per heavy atom. The first-order valence-corrected chi connectivity index (χ1v) is 9.25. The van der Waals surface area contributed by atoms with Crippen LogP contribution in [-0.2, 0) is 20.8 Å². The zero-order valence-electron chi connectivity index (χ0n) is 15.8. The molecule has 0 atom stereocenters. The van der Waals surface area contributed by atoms with E-state index in [1.807, 2.05) is 24.4 Å². The minimum atomic E-state index is -1.14. The number of para-hydroxylation sites is 1. The van der Waals surface area contributed by atoms with Gasteiger partial charge >= 0.3 is 0 Å². The number of nitrogens with zero attached hydrogens (tertiary/aromatic N) is 2. The number of H-pyrrole nitrogens is 1. The van der Waals surface area contributed by atoms with E-state index in [-0.39, 0.29) is 11.8 Å². The molecule has 2 aromatic rings. The van der Waals surface area contributed by atoms with Gasteiger partial charge in [-0.2, -0.15) is 0 Å². The molecule has 0 saturated carbocycles. The minimum Gasteiger partial charge on any atom is -0.361 e. The standard InChI is InChI=1S/C20H26N4O3/c1-20(2,19(27)24-11-9-23(14-25)10-12-24)18(26)21-8-7-15-13-22-17-6-4-3-5-16(15)17/h3-6,13-14,22H,7-12H2,1-2H3,(H,21,26). The lowest BCUT2D eigenvalue weighted by atomic mass is 9.90. The maximum absolute atomic E-state index is 12.8. The van der Waals surface area contributed by atoms with Crippen LogP contribution in [0.5, 0.6) is 0 Å². The molecule has 0 aliphatic carbocycles. The van der Waals surface area contributed by atoms with E-state index in [0.29, 0.717) is 39.1 Å². The highest BCUT2D eigenvalue weighted by atomic mass is 16.2. The van der Waals surface area contributed by atoms with Crippen LogP contribution in [0.3, 0.4) is 0 Å². The number of piperazine rings is 1. The summed E-state index contributed by atoms with van der Waals surface area (Å²) in [6.45, 7) is 5.72. The molecule has 3 rings (SSSR count). The van der Waals surface area contributed by atoms with Crippen molar-refractivity contribution in [2.45, 2.75) is 20.3 Å². The maximum Gasteiger partial charge on any atom is 0.237 e. The van der Waals surface area contributed by atoms with Crippen molar-refractivity contribution < 1.29 is 14.4 Å². The van der Waals surface area contributed by atoms with Crippen LogP contribution in [0.15, 0.2) is 30.5 Å². The molecule has 27 heavy (non-hydrogen) atoms. The minimum absolute atomic E-state index is 0.197. The number of rotatable bonds is 6. The van der Waals surface area contributed by atoms with E-state index in [1.54, 1.807) is 23.6 Å². The van der Waals surface area contributed by atoms with Gasteiger partial charge < -0.3 is 20.1 Å². The third-order valence-corrected chi connectivity index (χ3v) is 5.21. The van der Waals surface area contributed by atoms with Crippen LogP contribution < -0.4 is 5.32 Å². The molecule has 7 heteroatoms. The van der Waals surface area contributed by atoms with E-state index >= 15 is 0 Å². The van der Waals surface area contributed by atoms with Gasteiger partial charge in [0.25, 0.3) is 0 Å². The van der Waals surface area contributed by atoms with Crippen LogP contribution in [0.1, 0.15) is 19.4 Å². The van der Waals surface area contributed by atoms with Gasteiger partial charge in [-0.15, -0.1) is 0 Å². The number of hydrogen-bond donors (Lipinski definition) is 2. The molecule has 2 heterocycles. The second-order valence-electron chi connectivity index (χ2n) is 7.42. The number of carbonyl (C=O) groups is 3. The number of aromatic amines is 1. The van der Waals surface area contributed by atoms with Crippen LogP contribution in [0.25, 0.3) is 10.9 Å². The zero-order valence-corrected chi connectivity index (χ0v) is 15.8. The number of nitrogens with one attached hydrogen (secondary N) is 2. The Bertz CT molecular complexity index is 835. The van der Waals surface area contributed by atoms with E-state index in [4.69, 9.17) is 0 Å². The first-order chi connectivity index (χ1) is 12.9. The fourth-order valence-corrected chi connectivity index (χ4v) is 3.39. The van der Waals surface area contributed by atoms with Crippen molar-refractivity contribution in [3.05, 3.63) is 36.0 Å². The monoisotopic (exact) mass is 370 g/mol. The summed E-state index contributed by atoms with van der Waals surface area (Å²) in [6.07, 6.45) is 3.45. The van der Waals surface area contributed by atoms with Crippen LogP contribution in [0.4, 0.5) is 0 Å². The second kappa shape index (κ2) is 7.82. The van der Waals surface area contributed by atoms with Crippen molar-refractivity contribution in [2.24, 2.45) is 5.41 Å². The molecular formula is C20H26N4O3. The number of benzene rings is 1. The normalized spacial score (nSPS) is 15.0. The molecule has 1 aromatic heterocycles. The maximum atomic E-state index is 12.8. The van der Waals surface area contributed by atoms with Crippen molar-refractivity contribution >= 4 is 29.1 Å². The first kappa shape index (κ1) is 18.9. The molecule has 0 bridgehead atoms. The lowest BCUT2D eigenvalue weighted by Gasteiger charge is -2.36. The first-order valence-electron chi connectivity index (χ1n) is 9.25. The fourth-order valence-electron chi connectivity index (χ4n) is 3.39. The van der Waals surface area contributed by atoms with E-state index < -0.39 is 5.41 Å². The number of amides is 3. The van der Waals surface area contributed by atoms with Crippen LogP contribution in [0, 0.1) is 5.41 Å². The molecule has 1 fully saturated rings. The Labute approximate surface area is 158 Å². The third kappa shape index (κ3) is 3.97. The van der Waals surface area contributed by atoms with Gasteiger partial charge in [-0.05, 0) is 31.9 Å². The third-order valence-electron chi connectivity index (χ3n) is 5.21. The predicted molar refractivity (Wildman–Crippen MR) is 103 cm³/mol. The van der Waals surface area contributed by atoms with Gasteiger partial charge in [-0.3, -0.25) is 14.4 Å². The number of aromatic nitrogens is 1. The molecule has 1 aromatic carbocycles. The molecule has 0 unspecified atom stereocenters. The Morgan fingerprint density at radius 1 is 1.19 bits per heavy atom. The summed E-state index contributed by atoms with van der Waals surface area (Å²) in [5.74, 6) is -0.470. The Kier molecular flexibility index (Phi) is 5.48. The summed E-state index contributed by atoms with van der Waals surface area (Å²) in [4.78, 5) is 42.7. The van der Waals surface area contributed by atoms with Crippen molar-refractivity contribution in [1.82, 2.24) is 20.1 Å². The molecule has 2 N–H and O–H groups in total. The average Bonchev–Trinajstić information content (AvgIpc) is 3.10. The van der Waals surface area contributed by atoms with Gasteiger partial charge in [0, 0.05) is 49.8 Å². The molecule has 3 amide bonds. The second-order valence-corrected chi connectivity index (χ2v) is 7.42. The highest BCUT2D eigenvalue weighted by Crippen LogP contribution is 2.21. The summed E-state index contributed by atoms with van der Waals surface area (Å²) in [5.41, 5.74) is 1.08. The molecule has 1 aliphatic rings. The van der Waals surface area contributed by atoms with Gasteiger partial charge in [0.2, 0.25) is 18.2 Å². The largest absolute Gasteiger partial charge is 0.361 e. The number of hydrogen-bond acceptors (Lipinski definition) is 3. The van der Waals surface area contributed by atoms with Crippen molar-refractivity contribution in [2.75, 3.05) is 32.7 Å². The summed E-state index contributed by atoms with van der Waals surface area (Å²) < 4.78 is 0. The smallest absolute Gasteiger partial charge is 0.237 e. The van der Waals surface area contributed by atoms with E-state index in [1.165, 1.54) is 0 Å². The number of carbonyl (C=O) groups excluding carboxylic acids is 3. The van der Waals surface area contributed by atoms with E-state index in [2.05, 4.69) is 16.4 Å². The highest BCUT2D eigenvalue weighted by molar-refractivity contribution is 6.04. The fraction of sp³-hybridized carbons (Fsp3) is 0.450. The molecule has 7 nitrogen and oxygen atoms in total. The molecule has 144 valence electrons. The molecular weight excluding hydrogens is 344 g/mol. The molecule has 0 spiro atoms. The Hall–Kier alpha value is -2.83. The quantitative estimate of drug-likeness (QED) is 0.591. The molecule has 1 saturated heterocycles. The topological polar surface area (TPSA) is 85.5 Å². The van der Waals surface area contributed by atoms with Crippen molar-refractivity contribution in [1.29, 1.82) is 0 Å². The van der Waals surface area contributed by atoms with Gasteiger partial charge in [-0.1, -0.05) is 18.2 Å². The van der Waals surface area contributed by atoms with Crippen LogP contribution >= 0.6 is 0 Å². The zero-order chi connectivity index (χ0) is 19.4. The highest BCUT2D eigenvalue weighted by Gasteiger charge is 2.39. The average molecular weight is 370 g/mol. The lowest BCUT2D eigenvalue weighted by molar-refractivity contribution is -0.150. The van der Waals surface area contributed by atoms with Gasteiger partial charge in [0.15, 0.2) is 0 Å². The van der Waals surface area contributed by atoms with Crippen molar-refractivity contribution in [3.63, 3.8) is 0 Å². The SMILES string of the molecule is CC(C)(C(=O)NCCc1c[nH]c2ccccc12)C(=O)N1CCN(C=O)CC1. The molecule has 1 aliphatic heterocycles. The van der Waals surface area contributed by atoms with Gasteiger partial charge in [0.05, 0.1) is 0 Å². The van der Waals surface area contributed by atoms with E-state index in [9.17, 15) is 14.4 Å². The molecule has 0 radical (unpaired) electrons. The Balaban J connectivity index is 1.54. The summed E-state index contributed by atoms with van der Waals surface area (Å²) in [5, 5.41) is 4.05. The lowest BCUT2D eigenvalue weighted by Crippen LogP contribution is -2.55. The number of fused-ring (bicyclic) bond motifs is 1. The summed E-state index contributed by atoms with van der Waals surface area (Å²) in [7, 11) is 0. The summed E-state index contributed by atoms with van der Waals surface area (Å²) in [6, 6.07) is 8.04. The van der Waals surface area contributed by atoms with Gasteiger partial charge in [0.1, 0.15) is 5.41 Å². The van der Waals surface area contributed by atoms with E-state index in [0.717, 1.165) is 22.9 Å². The van der Waals surface area contributed by atoms with Crippen LogP contribution in [-0.4, -0.2) is 65.7 Å². The Morgan fingerprint density at radius 2 is 1.89 bits per heavy atom. The van der Waals surface area contributed by atoms with Crippen molar-refractivity contribution in [3.8, 4) is 0 Å². The van der Waals surface area contributed by atoms with Gasteiger partial charge in [-0.25, -0.2) is 0 Å². The van der Waals surface area contributed by atoms with Crippen LogP contribution in [0.2, 0.25) is 0 Å². The predicted octanol–water partition coefficient (Wildman–Crippen LogP) is 1.15. The summed E-state index contributed by atoms with van der Waals surface area (Å²) >= 11 is 0.